The van der Waals surface area contributed by atoms with Crippen molar-refractivity contribution in [2.75, 3.05) is 0 Å². The summed E-state index contributed by atoms with van der Waals surface area (Å²) in [6.45, 7) is 1.83. The molecular formula is C18H23N3O3S. The lowest BCUT2D eigenvalue weighted by Gasteiger charge is -2.13. The first-order valence-corrected chi connectivity index (χ1v) is 9.17. The monoisotopic (exact) mass is 361 g/mol. The number of aromatic nitrogens is 2. The molecular weight excluding hydrogens is 338 g/mol. The highest BCUT2D eigenvalue weighted by molar-refractivity contribution is 7.05. The number of hydrogen-bond acceptors (Lipinski definition) is 6. The van der Waals surface area contributed by atoms with Crippen molar-refractivity contribution >= 4 is 23.2 Å². The van der Waals surface area contributed by atoms with Crippen LogP contribution in [0.5, 0.6) is 0 Å². The second-order valence-electron chi connectivity index (χ2n) is 6.00. The minimum Gasteiger partial charge on any atom is -0.299 e. The van der Waals surface area contributed by atoms with Gasteiger partial charge in [-0.25, -0.2) is 10.5 Å². The van der Waals surface area contributed by atoms with Gasteiger partial charge in [0.15, 0.2) is 0 Å². The molecule has 0 aliphatic carbocycles. The van der Waals surface area contributed by atoms with Crippen molar-refractivity contribution in [3.05, 3.63) is 46.7 Å². The molecule has 0 radical (unpaired) electrons. The Morgan fingerprint density at radius 3 is 2.60 bits per heavy atom. The smallest absolute Gasteiger partial charge is 0.243 e. The van der Waals surface area contributed by atoms with Crippen molar-refractivity contribution in [1.82, 2.24) is 14.8 Å². The summed E-state index contributed by atoms with van der Waals surface area (Å²) in [5.74, 6) is 0.210. The second kappa shape index (κ2) is 10.0. The summed E-state index contributed by atoms with van der Waals surface area (Å²) >= 11 is 1.29. The number of nitrogens with one attached hydrogen (secondary N) is 1. The van der Waals surface area contributed by atoms with Crippen molar-refractivity contribution in [3.63, 3.8) is 0 Å². The average molecular weight is 361 g/mol. The van der Waals surface area contributed by atoms with Gasteiger partial charge < -0.3 is 0 Å². The average Bonchev–Trinajstić information content (AvgIpc) is 3.04. The predicted octanol–water partition coefficient (Wildman–Crippen LogP) is 3.20. The van der Waals surface area contributed by atoms with Crippen molar-refractivity contribution in [1.29, 1.82) is 0 Å². The number of hydrogen-bond donors (Lipinski definition) is 2. The van der Waals surface area contributed by atoms with Crippen molar-refractivity contribution < 1.29 is 14.8 Å². The van der Waals surface area contributed by atoms with Gasteiger partial charge in [0.05, 0.1) is 5.92 Å². The van der Waals surface area contributed by atoms with Gasteiger partial charge in [0.1, 0.15) is 16.6 Å². The molecule has 2 N–H and O–H groups in total. The van der Waals surface area contributed by atoms with Gasteiger partial charge in [0.25, 0.3) is 0 Å². The van der Waals surface area contributed by atoms with E-state index in [-0.39, 0.29) is 24.0 Å². The lowest BCUT2D eigenvalue weighted by molar-refractivity contribution is -0.129. The van der Waals surface area contributed by atoms with Crippen LogP contribution in [-0.2, 0) is 16.0 Å². The zero-order valence-electron chi connectivity index (χ0n) is 14.3. The van der Waals surface area contributed by atoms with E-state index >= 15 is 0 Å². The van der Waals surface area contributed by atoms with Crippen LogP contribution in [0, 0.1) is 6.92 Å². The minimum atomic E-state index is -0.378. The number of nitrogens with zero attached hydrogens (tertiary/aromatic N) is 2. The fourth-order valence-electron chi connectivity index (χ4n) is 2.66. The normalized spacial score (nSPS) is 11.9. The Morgan fingerprint density at radius 1 is 1.20 bits per heavy atom. The maximum absolute atomic E-state index is 12.8. The summed E-state index contributed by atoms with van der Waals surface area (Å²) in [5.41, 5.74) is 2.63. The number of hydroxylamine groups is 1. The lowest BCUT2D eigenvalue weighted by Crippen LogP contribution is -2.18. The first-order valence-electron chi connectivity index (χ1n) is 8.40. The van der Waals surface area contributed by atoms with Gasteiger partial charge in [0.2, 0.25) is 5.91 Å². The van der Waals surface area contributed by atoms with E-state index < -0.39 is 0 Å². The summed E-state index contributed by atoms with van der Waals surface area (Å²) in [6, 6.07) is 9.70. The molecule has 0 aliphatic rings. The molecule has 2 rings (SSSR count). The maximum Gasteiger partial charge on any atom is 0.243 e. The zero-order chi connectivity index (χ0) is 18.1. The number of carbonyl (C=O) groups excluding carboxylic acids is 2. The Labute approximate surface area is 151 Å². The zero-order valence-corrected chi connectivity index (χ0v) is 15.1. The summed E-state index contributed by atoms with van der Waals surface area (Å²) in [7, 11) is 0. The minimum absolute atomic E-state index is 0.149. The topological polar surface area (TPSA) is 92.2 Å². The van der Waals surface area contributed by atoms with E-state index in [1.165, 1.54) is 11.5 Å². The number of amides is 1. The molecule has 0 fully saturated rings. The Balaban J connectivity index is 1.94. The molecule has 1 aromatic heterocycles. The molecule has 1 heterocycles. The fraction of sp³-hybridized carbons (Fsp3) is 0.444. The van der Waals surface area contributed by atoms with Gasteiger partial charge in [-0.2, -0.15) is 4.37 Å². The molecule has 2 aromatic rings. The Kier molecular flexibility index (Phi) is 7.69. The van der Waals surface area contributed by atoms with Gasteiger partial charge in [-0.3, -0.25) is 14.8 Å². The van der Waals surface area contributed by atoms with E-state index in [4.69, 9.17) is 5.21 Å². The predicted molar refractivity (Wildman–Crippen MR) is 95.6 cm³/mol. The Morgan fingerprint density at radius 2 is 1.96 bits per heavy atom. The van der Waals surface area contributed by atoms with E-state index in [1.807, 2.05) is 37.3 Å². The van der Waals surface area contributed by atoms with Crippen LogP contribution in [0.4, 0.5) is 0 Å². The van der Waals surface area contributed by atoms with Crippen molar-refractivity contribution in [3.8, 4) is 0 Å². The lowest BCUT2D eigenvalue weighted by atomic mass is 9.93. The molecule has 1 unspecified atom stereocenters. The van der Waals surface area contributed by atoms with Crippen LogP contribution in [0.15, 0.2) is 30.3 Å². The van der Waals surface area contributed by atoms with Gasteiger partial charge in [-0.1, -0.05) is 43.2 Å². The highest BCUT2D eigenvalue weighted by atomic mass is 32.1. The highest BCUT2D eigenvalue weighted by Gasteiger charge is 2.24. The van der Waals surface area contributed by atoms with Crippen LogP contribution < -0.4 is 5.48 Å². The number of carbonyl (C=O) groups is 2. The number of unbranched alkanes of at least 4 members (excludes halogenated alkanes) is 2. The SMILES string of the molecule is Cc1nsc(C(CCCCCC(=O)NO)C(=O)Cc2ccccc2)n1. The van der Waals surface area contributed by atoms with E-state index in [2.05, 4.69) is 9.36 Å². The molecule has 7 heteroatoms. The number of aryl methyl sites for hydroxylation is 1. The molecule has 6 nitrogen and oxygen atoms in total. The van der Waals surface area contributed by atoms with Crippen molar-refractivity contribution in [2.24, 2.45) is 0 Å². The van der Waals surface area contributed by atoms with Gasteiger partial charge in [-0.05, 0) is 36.9 Å². The van der Waals surface area contributed by atoms with Crippen LogP contribution in [0.25, 0.3) is 0 Å². The molecule has 0 aliphatic heterocycles. The molecule has 0 bridgehead atoms. The first kappa shape index (κ1) is 19.2. The van der Waals surface area contributed by atoms with E-state index in [0.29, 0.717) is 25.1 Å². The van der Waals surface area contributed by atoms with Gasteiger partial charge in [0, 0.05) is 12.8 Å². The Hall–Kier alpha value is -2.12. The summed E-state index contributed by atoms with van der Waals surface area (Å²) in [4.78, 5) is 28.2. The summed E-state index contributed by atoms with van der Waals surface area (Å²) in [6.07, 6.45) is 3.69. The summed E-state index contributed by atoms with van der Waals surface area (Å²) in [5, 5.41) is 9.26. The molecule has 0 saturated carbocycles. The van der Waals surface area contributed by atoms with E-state index in [1.54, 1.807) is 5.48 Å². The maximum atomic E-state index is 12.8. The number of Topliss-reactive ketones (excluding diaryl/α,β-unsaturated/α-hetero) is 1. The van der Waals surface area contributed by atoms with Crippen LogP contribution in [0.3, 0.4) is 0 Å². The largest absolute Gasteiger partial charge is 0.299 e. The quantitative estimate of drug-likeness (QED) is 0.385. The molecule has 0 saturated heterocycles. The number of rotatable bonds is 10. The number of benzene rings is 1. The molecule has 1 atom stereocenters. The molecule has 134 valence electrons. The van der Waals surface area contributed by atoms with Crippen LogP contribution >= 0.6 is 11.5 Å². The Bertz CT molecular complexity index is 688. The third kappa shape index (κ3) is 6.36. The summed E-state index contributed by atoms with van der Waals surface area (Å²) < 4.78 is 4.20. The molecule has 25 heavy (non-hydrogen) atoms. The van der Waals surface area contributed by atoms with Crippen LogP contribution in [0.2, 0.25) is 0 Å². The van der Waals surface area contributed by atoms with Crippen LogP contribution in [0.1, 0.15) is 54.4 Å². The third-order valence-electron chi connectivity index (χ3n) is 3.97. The third-order valence-corrected chi connectivity index (χ3v) is 4.89. The molecule has 1 amide bonds. The van der Waals surface area contributed by atoms with E-state index in [0.717, 1.165) is 23.4 Å². The van der Waals surface area contributed by atoms with Crippen molar-refractivity contribution in [2.45, 2.75) is 51.4 Å². The fourth-order valence-corrected chi connectivity index (χ4v) is 3.48. The standard InChI is InChI=1S/C18H23N3O3S/c1-13-19-18(25-21-13)15(10-6-3-7-11-17(23)20-24)16(22)12-14-8-4-2-5-9-14/h2,4-5,8-9,15,24H,3,6-7,10-12H2,1H3,(H,20,23). The van der Waals surface area contributed by atoms with Crippen LogP contribution in [-0.4, -0.2) is 26.3 Å². The second-order valence-corrected chi connectivity index (χ2v) is 6.78. The number of ketones is 1. The highest BCUT2D eigenvalue weighted by Crippen LogP contribution is 2.26. The van der Waals surface area contributed by atoms with E-state index in [9.17, 15) is 9.59 Å². The first-order chi connectivity index (χ1) is 12.1. The molecule has 0 spiro atoms. The van der Waals surface area contributed by atoms with Gasteiger partial charge >= 0.3 is 0 Å². The molecule has 1 aromatic carbocycles. The van der Waals surface area contributed by atoms with Gasteiger partial charge in [-0.15, -0.1) is 0 Å².